The molecule has 0 aliphatic rings. The largest absolute Gasteiger partial charge is 0.497 e. The SMILES string of the molecule is CCC(C)(C(=O)Nc1ccc(OC)cc1OC)N(Cc1nc(-c2ccccc2)cs1)C(=O)Cn1nnc2ccccc21. The van der Waals surface area contributed by atoms with Crippen LogP contribution < -0.4 is 14.8 Å². The zero-order valence-corrected chi connectivity index (χ0v) is 24.7. The highest BCUT2D eigenvalue weighted by molar-refractivity contribution is 7.09. The maximum atomic E-state index is 14.1. The molecule has 216 valence electrons. The van der Waals surface area contributed by atoms with E-state index < -0.39 is 5.54 Å². The van der Waals surface area contributed by atoms with Crippen molar-refractivity contribution >= 4 is 39.9 Å². The molecule has 5 rings (SSSR count). The molecule has 0 aliphatic heterocycles. The Labute approximate surface area is 247 Å². The van der Waals surface area contributed by atoms with E-state index in [9.17, 15) is 9.59 Å². The highest BCUT2D eigenvalue weighted by Crippen LogP contribution is 2.32. The van der Waals surface area contributed by atoms with Gasteiger partial charge in [0.15, 0.2) is 0 Å². The predicted molar refractivity (Wildman–Crippen MR) is 162 cm³/mol. The summed E-state index contributed by atoms with van der Waals surface area (Å²) in [4.78, 5) is 34.5. The van der Waals surface area contributed by atoms with E-state index in [-0.39, 0.29) is 24.9 Å². The average molecular weight is 585 g/mol. The van der Waals surface area contributed by atoms with Gasteiger partial charge in [0.05, 0.1) is 37.7 Å². The number of rotatable bonds is 11. The molecule has 0 aliphatic carbocycles. The van der Waals surface area contributed by atoms with Crippen molar-refractivity contribution in [3.8, 4) is 22.8 Å². The van der Waals surface area contributed by atoms with Crippen molar-refractivity contribution in [3.05, 3.63) is 83.2 Å². The summed E-state index contributed by atoms with van der Waals surface area (Å²) in [5.41, 5.74) is 2.45. The lowest BCUT2D eigenvalue weighted by atomic mass is 9.94. The zero-order chi connectivity index (χ0) is 29.7. The van der Waals surface area contributed by atoms with Crippen LogP contribution in [-0.2, 0) is 22.7 Å². The Hall–Kier alpha value is -4.77. The number of para-hydroxylation sites is 1. The molecule has 2 aromatic heterocycles. The molecule has 11 heteroatoms. The van der Waals surface area contributed by atoms with Crippen molar-refractivity contribution in [1.29, 1.82) is 0 Å². The number of aromatic nitrogens is 4. The van der Waals surface area contributed by atoms with Crippen LogP contribution in [-0.4, -0.2) is 56.5 Å². The van der Waals surface area contributed by atoms with Crippen molar-refractivity contribution in [2.75, 3.05) is 19.5 Å². The van der Waals surface area contributed by atoms with Gasteiger partial charge in [0, 0.05) is 17.0 Å². The molecule has 3 aromatic carbocycles. The molecule has 0 bridgehead atoms. The van der Waals surface area contributed by atoms with Gasteiger partial charge in [0.25, 0.3) is 0 Å². The van der Waals surface area contributed by atoms with Gasteiger partial charge in [-0.25, -0.2) is 9.67 Å². The molecule has 0 fully saturated rings. The molecule has 0 radical (unpaired) electrons. The fraction of sp³-hybridized carbons (Fsp3) is 0.258. The first-order valence-electron chi connectivity index (χ1n) is 13.5. The second-order valence-corrected chi connectivity index (χ2v) is 10.8. The molecule has 0 saturated heterocycles. The van der Waals surface area contributed by atoms with Crippen molar-refractivity contribution < 1.29 is 19.1 Å². The molecule has 5 aromatic rings. The molecule has 2 amide bonds. The van der Waals surface area contributed by atoms with Crippen LogP contribution in [0.4, 0.5) is 5.69 Å². The monoisotopic (exact) mass is 584 g/mol. The quantitative estimate of drug-likeness (QED) is 0.221. The molecule has 2 heterocycles. The molecule has 1 N–H and O–H groups in total. The Kier molecular flexibility index (Phi) is 8.48. The van der Waals surface area contributed by atoms with Crippen molar-refractivity contribution in [1.82, 2.24) is 24.9 Å². The number of nitrogens with one attached hydrogen (secondary N) is 1. The van der Waals surface area contributed by atoms with Crippen LogP contribution in [0.15, 0.2) is 78.2 Å². The van der Waals surface area contributed by atoms with Crippen LogP contribution in [0.5, 0.6) is 11.5 Å². The van der Waals surface area contributed by atoms with E-state index in [1.807, 2.05) is 66.9 Å². The molecule has 1 unspecified atom stereocenters. The highest BCUT2D eigenvalue weighted by Gasteiger charge is 2.41. The van der Waals surface area contributed by atoms with Crippen molar-refractivity contribution in [2.24, 2.45) is 0 Å². The summed E-state index contributed by atoms with van der Waals surface area (Å²) in [6.07, 6.45) is 0.345. The van der Waals surface area contributed by atoms with Crippen molar-refractivity contribution in [3.63, 3.8) is 0 Å². The molecule has 42 heavy (non-hydrogen) atoms. The average Bonchev–Trinajstić information content (AvgIpc) is 3.67. The van der Waals surface area contributed by atoms with E-state index in [2.05, 4.69) is 15.6 Å². The molecular formula is C31H32N6O4S. The number of fused-ring (bicyclic) bond motifs is 1. The number of nitrogens with zero attached hydrogens (tertiary/aromatic N) is 5. The number of carbonyl (C=O) groups excluding carboxylic acids is 2. The third-order valence-corrected chi connectivity index (χ3v) is 8.18. The summed E-state index contributed by atoms with van der Waals surface area (Å²) in [5.74, 6) is 0.395. The van der Waals surface area contributed by atoms with Crippen LogP contribution in [0.3, 0.4) is 0 Å². The minimum absolute atomic E-state index is 0.0911. The first kappa shape index (κ1) is 28.7. The van der Waals surface area contributed by atoms with Crippen LogP contribution in [0.2, 0.25) is 0 Å². The number of amides is 2. The molecule has 0 spiro atoms. The fourth-order valence-electron chi connectivity index (χ4n) is 4.68. The fourth-order valence-corrected chi connectivity index (χ4v) is 5.47. The van der Waals surface area contributed by atoms with Gasteiger partial charge in [-0.2, -0.15) is 0 Å². The van der Waals surface area contributed by atoms with E-state index in [4.69, 9.17) is 14.5 Å². The predicted octanol–water partition coefficient (Wildman–Crippen LogP) is 5.41. The van der Waals surface area contributed by atoms with Gasteiger partial charge < -0.3 is 19.7 Å². The van der Waals surface area contributed by atoms with Gasteiger partial charge in [-0.3, -0.25) is 9.59 Å². The smallest absolute Gasteiger partial charge is 0.250 e. The Bertz CT molecular complexity index is 1700. The Morgan fingerprint density at radius 1 is 1.02 bits per heavy atom. The summed E-state index contributed by atoms with van der Waals surface area (Å²) in [6, 6.07) is 22.4. The normalized spacial score (nSPS) is 12.5. The summed E-state index contributed by atoms with van der Waals surface area (Å²) in [6.45, 7) is 3.70. The standard InChI is InChI=1S/C31H32N6O4S/c1-5-31(2,30(39)33-24-16-15-22(40-3)17-27(24)41-4)36(18-28-32-25(20-42-28)21-11-7-6-8-12-21)29(38)19-37-26-14-10-9-13-23(26)34-35-37/h6-17,20H,5,18-19H2,1-4H3,(H,33,39). The van der Waals surface area contributed by atoms with Gasteiger partial charge in [-0.05, 0) is 37.6 Å². The molecule has 10 nitrogen and oxygen atoms in total. The molecule has 1 atom stereocenters. The van der Waals surface area contributed by atoms with E-state index in [1.54, 1.807) is 41.8 Å². The van der Waals surface area contributed by atoms with Crippen LogP contribution in [0.1, 0.15) is 25.3 Å². The summed E-state index contributed by atoms with van der Waals surface area (Å²) in [5, 5.41) is 14.0. The van der Waals surface area contributed by atoms with E-state index >= 15 is 0 Å². The van der Waals surface area contributed by atoms with Gasteiger partial charge in [0.1, 0.15) is 34.1 Å². The minimum Gasteiger partial charge on any atom is -0.497 e. The topological polar surface area (TPSA) is 111 Å². The zero-order valence-electron chi connectivity index (χ0n) is 23.9. The van der Waals surface area contributed by atoms with Gasteiger partial charge >= 0.3 is 0 Å². The summed E-state index contributed by atoms with van der Waals surface area (Å²) >= 11 is 1.45. The first-order chi connectivity index (χ1) is 20.4. The van der Waals surface area contributed by atoms with Gasteiger partial charge in [0.2, 0.25) is 11.8 Å². The number of hydrogen-bond donors (Lipinski definition) is 1. The third-order valence-electron chi connectivity index (χ3n) is 7.35. The Morgan fingerprint density at radius 3 is 2.52 bits per heavy atom. The molecule has 0 saturated carbocycles. The number of hydrogen-bond acceptors (Lipinski definition) is 8. The lowest BCUT2D eigenvalue weighted by molar-refractivity contribution is -0.146. The molecular weight excluding hydrogens is 552 g/mol. The van der Waals surface area contributed by atoms with E-state index in [0.717, 1.165) is 16.8 Å². The number of methoxy groups -OCH3 is 2. The number of ether oxygens (including phenoxy) is 2. The van der Waals surface area contributed by atoms with Crippen LogP contribution >= 0.6 is 11.3 Å². The first-order valence-corrected chi connectivity index (χ1v) is 14.4. The van der Waals surface area contributed by atoms with Crippen LogP contribution in [0.25, 0.3) is 22.3 Å². The number of benzene rings is 3. The van der Waals surface area contributed by atoms with E-state index in [0.29, 0.717) is 34.1 Å². The maximum absolute atomic E-state index is 14.1. The van der Waals surface area contributed by atoms with Gasteiger partial charge in [-0.15, -0.1) is 16.4 Å². The Balaban J connectivity index is 1.48. The lowest BCUT2D eigenvalue weighted by Gasteiger charge is -2.39. The third kappa shape index (κ3) is 5.82. The maximum Gasteiger partial charge on any atom is 0.250 e. The second-order valence-electron chi connectivity index (χ2n) is 9.86. The van der Waals surface area contributed by atoms with E-state index in [1.165, 1.54) is 18.4 Å². The summed E-state index contributed by atoms with van der Waals surface area (Å²) < 4.78 is 12.3. The number of anilines is 1. The van der Waals surface area contributed by atoms with Crippen molar-refractivity contribution in [2.45, 2.75) is 38.9 Å². The lowest BCUT2D eigenvalue weighted by Crippen LogP contribution is -2.57. The highest BCUT2D eigenvalue weighted by atomic mass is 32.1. The second kappa shape index (κ2) is 12.4. The number of carbonyl (C=O) groups is 2. The minimum atomic E-state index is -1.24. The number of thiazole rings is 1. The van der Waals surface area contributed by atoms with Crippen LogP contribution in [0, 0.1) is 0 Å². The summed E-state index contributed by atoms with van der Waals surface area (Å²) in [7, 11) is 3.08. The van der Waals surface area contributed by atoms with Gasteiger partial charge in [-0.1, -0.05) is 54.6 Å². The Morgan fingerprint density at radius 2 is 1.79 bits per heavy atom.